The summed E-state index contributed by atoms with van der Waals surface area (Å²) in [7, 11) is 0. The lowest BCUT2D eigenvalue weighted by Crippen LogP contribution is -2.15. The van der Waals surface area contributed by atoms with Crippen LogP contribution in [0.15, 0.2) is 42.0 Å². The van der Waals surface area contributed by atoms with Crippen molar-refractivity contribution in [2.45, 2.75) is 46.1 Å². The Hall–Kier alpha value is -2.43. The molecule has 0 saturated carbocycles. The lowest BCUT2D eigenvalue weighted by atomic mass is 10.1. The number of hydrogen-bond acceptors (Lipinski definition) is 3. The molecule has 0 spiro atoms. The van der Waals surface area contributed by atoms with Gasteiger partial charge in [-0.2, -0.15) is 5.10 Å². The van der Waals surface area contributed by atoms with Crippen LogP contribution in [0.1, 0.15) is 37.5 Å². The Morgan fingerprint density at radius 3 is 2.61 bits per heavy atom. The molecule has 122 valence electrons. The smallest absolute Gasteiger partial charge is 0.225 e. The van der Waals surface area contributed by atoms with Crippen molar-refractivity contribution in [3.63, 3.8) is 0 Å². The first kappa shape index (κ1) is 16.9. The second-order valence-electron chi connectivity index (χ2n) is 5.87. The number of carbonyl (C=O) groups excluding carboxylic acids is 1. The van der Waals surface area contributed by atoms with Crippen LogP contribution in [0.2, 0.25) is 0 Å². The van der Waals surface area contributed by atoms with Crippen LogP contribution >= 0.6 is 0 Å². The van der Waals surface area contributed by atoms with E-state index in [9.17, 15) is 4.79 Å². The number of hydrogen-bond donors (Lipinski definition) is 1. The zero-order chi connectivity index (χ0) is 16.7. The first-order chi connectivity index (χ1) is 11.0. The normalized spacial score (nSPS) is 10.5. The zero-order valence-corrected chi connectivity index (χ0v) is 13.8. The number of amides is 1. The predicted octanol–water partition coefficient (Wildman–Crippen LogP) is 2.45. The van der Waals surface area contributed by atoms with E-state index >= 15 is 0 Å². The molecule has 0 aliphatic heterocycles. The summed E-state index contributed by atoms with van der Waals surface area (Å²) < 4.78 is 1.91. The number of nitrogens with two attached hydrogens (primary N) is 1. The number of primary amides is 1. The Balaban J connectivity index is 2.09. The van der Waals surface area contributed by atoms with Gasteiger partial charge in [0.15, 0.2) is 5.82 Å². The summed E-state index contributed by atoms with van der Waals surface area (Å²) in [6.45, 7) is 4.91. The number of aromatic nitrogens is 3. The molecule has 1 aromatic heterocycles. The van der Waals surface area contributed by atoms with E-state index < -0.39 is 5.91 Å². The second kappa shape index (κ2) is 8.27. The third kappa shape index (κ3) is 5.70. The third-order valence-corrected chi connectivity index (χ3v) is 3.50. The zero-order valence-electron chi connectivity index (χ0n) is 13.8. The van der Waals surface area contributed by atoms with Gasteiger partial charge in [0, 0.05) is 13.0 Å². The lowest BCUT2D eigenvalue weighted by molar-refractivity contribution is -0.117. The molecule has 0 aliphatic rings. The van der Waals surface area contributed by atoms with E-state index in [-0.39, 0.29) is 6.42 Å². The molecule has 1 amide bonds. The number of carbonyl (C=O) groups is 1. The molecule has 2 N–H and O–H groups in total. The monoisotopic (exact) mass is 312 g/mol. The van der Waals surface area contributed by atoms with Crippen LogP contribution in [0.5, 0.6) is 0 Å². The molecule has 0 unspecified atom stereocenters. The maximum Gasteiger partial charge on any atom is 0.225 e. The highest BCUT2D eigenvalue weighted by Gasteiger charge is 2.11. The van der Waals surface area contributed by atoms with Gasteiger partial charge in [-0.05, 0) is 32.3 Å². The van der Waals surface area contributed by atoms with Crippen LogP contribution in [0.25, 0.3) is 0 Å². The molecule has 2 rings (SSSR count). The number of allylic oxidation sites excluding steroid dienone is 2. The molecular weight excluding hydrogens is 288 g/mol. The Morgan fingerprint density at radius 1 is 1.22 bits per heavy atom. The van der Waals surface area contributed by atoms with Crippen molar-refractivity contribution in [3.8, 4) is 0 Å². The van der Waals surface area contributed by atoms with Crippen LogP contribution in [-0.4, -0.2) is 20.7 Å². The van der Waals surface area contributed by atoms with Gasteiger partial charge in [-0.15, -0.1) is 0 Å². The number of aryl methyl sites for hydroxylation is 3. The van der Waals surface area contributed by atoms with E-state index in [1.165, 1.54) is 11.1 Å². The number of nitrogens with zero attached hydrogens (tertiary/aromatic N) is 3. The van der Waals surface area contributed by atoms with Crippen molar-refractivity contribution in [2.75, 3.05) is 0 Å². The largest absolute Gasteiger partial charge is 0.369 e. The van der Waals surface area contributed by atoms with Crippen LogP contribution < -0.4 is 5.73 Å². The molecule has 5 heteroatoms. The van der Waals surface area contributed by atoms with Gasteiger partial charge >= 0.3 is 0 Å². The number of benzene rings is 1. The van der Waals surface area contributed by atoms with Crippen molar-refractivity contribution in [2.24, 2.45) is 5.73 Å². The van der Waals surface area contributed by atoms with Gasteiger partial charge in [-0.1, -0.05) is 42.0 Å². The SMILES string of the molecule is CC(C)=CCCc1nc(CC(N)=O)nn1CCc1ccccc1. The fraction of sp³-hybridized carbons (Fsp3) is 0.389. The molecule has 1 aromatic carbocycles. The average molecular weight is 312 g/mol. The van der Waals surface area contributed by atoms with Gasteiger partial charge in [0.2, 0.25) is 5.91 Å². The molecule has 2 aromatic rings. The Labute approximate surface area is 137 Å². The molecule has 1 heterocycles. The van der Waals surface area contributed by atoms with Crippen LogP contribution in [0.3, 0.4) is 0 Å². The summed E-state index contributed by atoms with van der Waals surface area (Å²) in [4.78, 5) is 15.6. The fourth-order valence-corrected chi connectivity index (χ4v) is 2.39. The van der Waals surface area contributed by atoms with Crippen LogP contribution in [0, 0.1) is 0 Å². The summed E-state index contributed by atoms with van der Waals surface area (Å²) in [5.74, 6) is 1.02. The molecule has 0 bridgehead atoms. The minimum atomic E-state index is -0.402. The van der Waals surface area contributed by atoms with E-state index in [1.54, 1.807) is 0 Å². The maximum atomic E-state index is 11.1. The standard InChI is InChI=1S/C18H24N4O/c1-14(2)7-6-10-18-20-17(13-16(19)23)21-22(18)12-11-15-8-4-3-5-9-15/h3-5,7-9H,6,10-13H2,1-2H3,(H2,19,23). The Kier molecular flexibility index (Phi) is 6.09. The summed E-state index contributed by atoms with van der Waals surface area (Å²) >= 11 is 0. The molecule has 0 aliphatic carbocycles. The third-order valence-electron chi connectivity index (χ3n) is 3.50. The molecule has 23 heavy (non-hydrogen) atoms. The second-order valence-corrected chi connectivity index (χ2v) is 5.87. The average Bonchev–Trinajstić information content (AvgIpc) is 2.87. The first-order valence-corrected chi connectivity index (χ1v) is 7.93. The highest BCUT2D eigenvalue weighted by molar-refractivity contribution is 5.75. The van der Waals surface area contributed by atoms with E-state index in [0.29, 0.717) is 5.82 Å². The highest BCUT2D eigenvalue weighted by atomic mass is 16.1. The van der Waals surface area contributed by atoms with Gasteiger partial charge in [0.05, 0.1) is 6.42 Å². The molecule has 0 fully saturated rings. The van der Waals surface area contributed by atoms with E-state index in [4.69, 9.17) is 5.73 Å². The quantitative estimate of drug-likeness (QED) is 0.761. The van der Waals surface area contributed by atoms with Gasteiger partial charge in [0.25, 0.3) is 0 Å². The van der Waals surface area contributed by atoms with Gasteiger partial charge in [-0.25, -0.2) is 9.67 Å². The molecular formula is C18H24N4O. The highest BCUT2D eigenvalue weighted by Crippen LogP contribution is 2.08. The van der Waals surface area contributed by atoms with Gasteiger partial charge in [-0.3, -0.25) is 4.79 Å². The van der Waals surface area contributed by atoms with Gasteiger partial charge < -0.3 is 5.73 Å². The van der Waals surface area contributed by atoms with Crippen molar-refractivity contribution >= 4 is 5.91 Å². The van der Waals surface area contributed by atoms with Gasteiger partial charge in [0.1, 0.15) is 5.82 Å². The summed E-state index contributed by atoms with van der Waals surface area (Å²) in [6.07, 6.45) is 4.89. The minimum absolute atomic E-state index is 0.0913. The van der Waals surface area contributed by atoms with Crippen molar-refractivity contribution in [1.29, 1.82) is 0 Å². The van der Waals surface area contributed by atoms with E-state index in [2.05, 4.69) is 42.1 Å². The fourth-order valence-electron chi connectivity index (χ4n) is 2.39. The van der Waals surface area contributed by atoms with Crippen LogP contribution in [0.4, 0.5) is 0 Å². The summed E-state index contributed by atoms with van der Waals surface area (Å²) in [6, 6.07) is 10.3. The molecule has 0 saturated heterocycles. The summed E-state index contributed by atoms with van der Waals surface area (Å²) in [5, 5.41) is 4.45. The Morgan fingerprint density at radius 2 is 1.96 bits per heavy atom. The minimum Gasteiger partial charge on any atom is -0.369 e. The molecule has 5 nitrogen and oxygen atoms in total. The van der Waals surface area contributed by atoms with Crippen molar-refractivity contribution in [3.05, 3.63) is 59.2 Å². The first-order valence-electron chi connectivity index (χ1n) is 7.93. The predicted molar refractivity (Wildman–Crippen MR) is 90.8 cm³/mol. The Bertz CT molecular complexity index is 670. The maximum absolute atomic E-state index is 11.1. The summed E-state index contributed by atoms with van der Waals surface area (Å²) in [5.41, 5.74) is 7.80. The van der Waals surface area contributed by atoms with Crippen LogP contribution in [-0.2, 0) is 30.6 Å². The van der Waals surface area contributed by atoms with E-state index in [1.807, 2.05) is 22.9 Å². The molecule has 0 atom stereocenters. The number of rotatable bonds is 8. The lowest BCUT2D eigenvalue weighted by Gasteiger charge is -2.05. The van der Waals surface area contributed by atoms with Crippen molar-refractivity contribution < 1.29 is 4.79 Å². The molecule has 0 radical (unpaired) electrons. The van der Waals surface area contributed by atoms with E-state index in [0.717, 1.165) is 31.6 Å². The van der Waals surface area contributed by atoms with Crippen molar-refractivity contribution in [1.82, 2.24) is 14.8 Å². The topological polar surface area (TPSA) is 73.8 Å².